The quantitative estimate of drug-likeness (QED) is 0.735. The summed E-state index contributed by atoms with van der Waals surface area (Å²) in [6.45, 7) is 2.06. The van der Waals surface area contributed by atoms with Crippen LogP contribution in [0.5, 0.6) is 0 Å². The Kier molecular flexibility index (Phi) is 4.08. The first-order chi connectivity index (χ1) is 9.01. The van der Waals surface area contributed by atoms with E-state index in [2.05, 4.69) is 9.71 Å². The lowest BCUT2D eigenvalue weighted by Crippen LogP contribution is -2.33. The number of H-pyrrole nitrogens is 1. The van der Waals surface area contributed by atoms with E-state index in [1.165, 1.54) is 12.3 Å². The number of furan rings is 1. The van der Waals surface area contributed by atoms with Crippen molar-refractivity contribution in [3.05, 3.63) is 42.1 Å². The number of nitrogens with two attached hydrogens (primary N) is 1. The fourth-order valence-corrected chi connectivity index (χ4v) is 3.06. The maximum absolute atomic E-state index is 12.1. The highest BCUT2D eigenvalue weighted by Crippen LogP contribution is 2.12. The van der Waals surface area contributed by atoms with Crippen molar-refractivity contribution >= 4 is 10.0 Å². The molecule has 2 aromatic rings. The molecule has 2 heterocycles. The van der Waals surface area contributed by atoms with Crippen LogP contribution in [0.15, 0.2) is 40.0 Å². The SMILES string of the molecule is CC(Cc1ccco1)NS(=O)(=O)c1c[nH]c(CN)c1. The predicted octanol–water partition coefficient (Wildman–Crippen LogP) is 0.976. The Hall–Kier alpha value is -1.57. The molecule has 104 valence electrons. The van der Waals surface area contributed by atoms with Crippen LogP contribution in [-0.2, 0) is 23.0 Å². The Labute approximate surface area is 112 Å². The van der Waals surface area contributed by atoms with Gasteiger partial charge in [-0.25, -0.2) is 13.1 Å². The molecule has 4 N–H and O–H groups in total. The fourth-order valence-electron chi connectivity index (χ4n) is 1.80. The molecule has 0 aliphatic rings. The van der Waals surface area contributed by atoms with Crippen molar-refractivity contribution in [1.29, 1.82) is 0 Å². The van der Waals surface area contributed by atoms with Crippen LogP contribution in [-0.4, -0.2) is 19.4 Å². The highest BCUT2D eigenvalue weighted by molar-refractivity contribution is 7.89. The van der Waals surface area contributed by atoms with Gasteiger partial charge in [-0.05, 0) is 25.1 Å². The maximum atomic E-state index is 12.1. The standard InChI is InChI=1S/C12H17N3O3S/c1-9(5-11-3-2-4-18-11)15-19(16,17)12-6-10(7-13)14-8-12/h2-4,6,8-9,14-15H,5,7,13H2,1H3. The van der Waals surface area contributed by atoms with Crippen molar-refractivity contribution in [3.8, 4) is 0 Å². The summed E-state index contributed by atoms with van der Waals surface area (Å²) >= 11 is 0. The number of hydrogen-bond donors (Lipinski definition) is 3. The molecule has 19 heavy (non-hydrogen) atoms. The van der Waals surface area contributed by atoms with Gasteiger partial charge in [-0.1, -0.05) is 0 Å². The van der Waals surface area contributed by atoms with E-state index in [0.29, 0.717) is 12.1 Å². The van der Waals surface area contributed by atoms with Gasteiger partial charge >= 0.3 is 0 Å². The predicted molar refractivity (Wildman–Crippen MR) is 70.9 cm³/mol. The minimum absolute atomic E-state index is 0.194. The number of nitrogens with one attached hydrogen (secondary N) is 2. The summed E-state index contributed by atoms with van der Waals surface area (Å²) in [5, 5.41) is 0. The van der Waals surface area contributed by atoms with E-state index >= 15 is 0 Å². The largest absolute Gasteiger partial charge is 0.469 e. The summed E-state index contributed by atoms with van der Waals surface area (Å²) in [4.78, 5) is 3.01. The highest BCUT2D eigenvalue weighted by atomic mass is 32.2. The molecule has 7 heteroatoms. The number of rotatable bonds is 6. The first kappa shape index (κ1) is 13.9. The molecule has 0 saturated carbocycles. The minimum atomic E-state index is -3.53. The number of aromatic nitrogens is 1. The van der Waals surface area contributed by atoms with Gasteiger partial charge in [0.2, 0.25) is 10.0 Å². The fraction of sp³-hybridized carbons (Fsp3) is 0.333. The molecule has 0 aliphatic heterocycles. The Morgan fingerprint density at radius 1 is 1.53 bits per heavy atom. The summed E-state index contributed by atoms with van der Waals surface area (Å²) in [5.41, 5.74) is 6.12. The average molecular weight is 283 g/mol. The van der Waals surface area contributed by atoms with Gasteiger partial charge < -0.3 is 15.1 Å². The van der Waals surface area contributed by atoms with Gasteiger partial charge in [-0.3, -0.25) is 0 Å². The van der Waals surface area contributed by atoms with Gasteiger partial charge in [0.15, 0.2) is 0 Å². The van der Waals surface area contributed by atoms with Gasteiger partial charge in [0.25, 0.3) is 0 Å². The topological polar surface area (TPSA) is 101 Å². The van der Waals surface area contributed by atoms with Gasteiger partial charge in [0.1, 0.15) is 5.76 Å². The molecule has 6 nitrogen and oxygen atoms in total. The number of hydrogen-bond acceptors (Lipinski definition) is 4. The summed E-state index contributed by atoms with van der Waals surface area (Å²) in [5.74, 6) is 0.743. The molecule has 0 amide bonds. The minimum Gasteiger partial charge on any atom is -0.469 e. The molecule has 2 aromatic heterocycles. The average Bonchev–Trinajstić information content (AvgIpc) is 2.97. The molecule has 0 radical (unpaired) electrons. The molecule has 0 fully saturated rings. The summed E-state index contributed by atoms with van der Waals surface area (Å²) < 4.78 is 32.0. The molecule has 1 unspecified atom stereocenters. The van der Waals surface area contributed by atoms with Crippen molar-refractivity contribution in [2.24, 2.45) is 5.73 Å². The smallest absolute Gasteiger partial charge is 0.242 e. The third-order valence-electron chi connectivity index (χ3n) is 2.69. The van der Waals surface area contributed by atoms with Crippen molar-refractivity contribution in [1.82, 2.24) is 9.71 Å². The molecule has 0 aromatic carbocycles. The molecule has 0 aliphatic carbocycles. The molecule has 2 rings (SSSR count). The summed E-state index contributed by atoms with van der Waals surface area (Å²) in [6, 6.07) is 4.86. The third kappa shape index (κ3) is 3.46. The van der Waals surface area contributed by atoms with Gasteiger partial charge in [-0.2, -0.15) is 0 Å². The van der Waals surface area contributed by atoms with E-state index in [1.54, 1.807) is 19.3 Å². The molecule has 1 atom stereocenters. The van der Waals surface area contributed by atoms with Crippen LogP contribution in [0.4, 0.5) is 0 Å². The molecule has 0 bridgehead atoms. The molecule has 0 saturated heterocycles. The first-order valence-electron chi connectivity index (χ1n) is 5.93. The molecule has 0 spiro atoms. The van der Waals surface area contributed by atoms with Gasteiger partial charge in [-0.15, -0.1) is 0 Å². The van der Waals surface area contributed by atoms with Crippen LogP contribution in [0.2, 0.25) is 0 Å². The number of sulfonamides is 1. The number of aromatic amines is 1. The van der Waals surface area contributed by atoms with Crippen molar-refractivity contribution in [2.45, 2.75) is 30.8 Å². The van der Waals surface area contributed by atoms with E-state index in [1.807, 2.05) is 6.07 Å². The summed E-state index contributed by atoms with van der Waals surface area (Å²) in [6.07, 6.45) is 3.50. The molecular weight excluding hydrogens is 266 g/mol. The summed E-state index contributed by atoms with van der Waals surface area (Å²) in [7, 11) is -3.53. The lowest BCUT2D eigenvalue weighted by molar-refractivity contribution is 0.479. The normalized spacial score (nSPS) is 13.6. The Morgan fingerprint density at radius 3 is 2.89 bits per heavy atom. The van der Waals surface area contributed by atoms with E-state index in [9.17, 15) is 8.42 Å². The van der Waals surface area contributed by atoms with Crippen molar-refractivity contribution in [2.75, 3.05) is 0 Å². The van der Waals surface area contributed by atoms with Gasteiger partial charge in [0.05, 0.1) is 11.2 Å². The third-order valence-corrected chi connectivity index (χ3v) is 4.26. The monoisotopic (exact) mass is 283 g/mol. The van der Waals surface area contributed by atoms with Crippen LogP contribution in [0.25, 0.3) is 0 Å². The highest BCUT2D eigenvalue weighted by Gasteiger charge is 2.19. The zero-order valence-corrected chi connectivity index (χ0v) is 11.4. The second-order valence-corrected chi connectivity index (χ2v) is 6.08. The zero-order valence-electron chi connectivity index (χ0n) is 10.6. The van der Waals surface area contributed by atoms with Crippen molar-refractivity contribution in [3.63, 3.8) is 0 Å². The maximum Gasteiger partial charge on any atom is 0.242 e. The second-order valence-electron chi connectivity index (χ2n) is 4.37. The second kappa shape index (κ2) is 5.60. The lowest BCUT2D eigenvalue weighted by atomic mass is 10.2. The van der Waals surface area contributed by atoms with E-state index in [0.717, 1.165) is 5.76 Å². The lowest BCUT2D eigenvalue weighted by Gasteiger charge is -2.11. The van der Waals surface area contributed by atoms with Crippen LogP contribution >= 0.6 is 0 Å². The Bertz CT molecular complexity index is 616. The zero-order chi connectivity index (χ0) is 13.9. The van der Waals surface area contributed by atoms with Gasteiger partial charge in [0, 0.05) is 30.9 Å². The van der Waals surface area contributed by atoms with Crippen LogP contribution in [0.1, 0.15) is 18.4 Å². The van der Waals surface area contributed by atoms with E-state index < -0.39 is 10.0 Å². The van der Waals surface area contributed by atoms with E-state index in [-0.39, 0.29) is 17.5 Å². The molecular formula is C12H17N3O3S. The van der Waals surface area contributed by atoms with Crippen LogP contribution in [0, 0.1) is 0 Å². The van der Waals surface area contributed by atoms with Crippen LogP contribution < -0.4 is 10.5 Å². The van der Waals surface area contributed by atoms with E-state index in [4.69, 9.17) is 10.2 Å². The Morgan fingerprint density at radius 2 is 2.32 bits per heavy atom. The van der Waals surface area contributed by atoms with Crippen LogP contribution in [0.3, 0.4) is 0 Å². The Balaban J connectivity index is 2.04. The van der Waals surface area contributed by atoms with Crippen molar-refractivity contribution < 1.29 is 12.8 Å². The first-order valence-corrected chi connectivity index (χ1v) is 7.41.